The van der Waals surface area contributed by atoms with Crippen molar-refractivity contribution in [1.29, 1.82) is 0 Å². The van der Waals surface area contributed by atoms with Gasteiger partial charge in [0.05, 0.1) is 0 Å². The molecule has 0 amide bonds. The lowest BCUT2D eigenvalue weighted by atomic mass is 10.0. The Morgan fingerprint density at radius 1 is 1.00 bits per heavy atom. The Morgan fingerprint density at radius 2 is 1.70 bits per heavy atom. The van der Waals surface area contributed by atoms with Crippen molar-refractivity contribution in [3.63, 3.8) is 0 Å². The fourth-order valence-electron chi connectivity index (χ4n) is 2.03. The smallest absolute Gasteiger partial charge is 0.319 e. The molecule has 0 aromatic heterocycles. The highest BCUT2D eigenvalue weighted by atomic mass is 19.4. The Bertz CT molecular complexity index is 378. The van der Waals surface area contributed by atoms with Gasteiger partial charge in [0.15, 0.2) is 0 Å². The van der Waals surface area contributed by atoms with E-state index in [1.54, 1.807) is 0 Å². The van der Waals surface area contributed by atoms with Crippen LogP contribution in [0.3, 0.4) is 0 Å². The van der Waals surface area contributed by atoms with E-state index in [-0.39, 0.29) is 6.42 Å². The molecular weight excluding hydrogens is 265 g/mol. The van der Waals surface area contributed by atoms with Gasteiger partial charge in [-0.15, -0.1) is 0 Å². The molecule has 0 unspecified atom stereocenters. The van der Waals surface area contributed by atoms with Crippen LogP contribution in [0.5, 0.6) is 0 Å². The summed E-state index contributed by atoms with van der Waals surface area (Å²) in [5.41, 5.74) is 2.50. The van der Waals surface area contributed by atoms with E-state index in [1.807, 2.05) is 19.2 Å². The van der Waals surface area contributed by atoms with Crippen LogP contribution in [0.1, 0.15) is 30.4 Å². The molecule has 0 aliphatic rings. The molecule has 0 heterocycles. The summed E-state index contributed by atoms with van der Waals surface area (Å²) < 4.78 is 35.9. The summed E-state index contributed by atoms with van der Waals surface area (Å²) in [4.78, 5) is 0. The van der Waals surface area contributed by atoms with Gasteiger partial charge in [-0.3, -0.25) is 0 Å². The van der Waals surface area contributed by atoms with E-state index in [0.717, 1.165) is 13.0 Å². The summed E-state index contributed by atoms with van der Waals surface area (Å²) >= 11 is 0. The molecule has 0 bridgehead atoms. The number of rotatable bonds is 9. The van der Waals surface area contributed by atoms with Crippen LogP contribution in [0.25, 0.3) is 0 Å². The fourth-order valence-corrected chi connectivity index (χ4v) is 2.03. The van der Waals surface area contributed by atoms with E-state index in [9.17, 15) is 13.2 Å². The van der Waals surface area contributed by atoms with Crippen LogP contribution in [0, 0.1) is 0 Å². The largest absolute Gasteiger partial charge is 0.389 e. The van der Waals surface area contributed by atoms with Crippen LogP contribution in [-0.4, -0.2) is 26.3 Å². The van der Waals surface area contributed by atoms with Crippen molar-refractivity contribution >= 4 is 0 Å². The Morgan fingerprint density at radius 3 is 2.35 bits per heavy atom. The minimum absolute atomic E-state index is 0.192. The molecule has 1 aromatic carbocycles. The Balaban J connectivity index is 2.24. The van der Waals surface area contributed by atoms with Gasteiger partial charge in [0.25, 0.3) is 0 Å². The van der Waals surface area contributed by atoms with Crippen LogP contribution in [-0.2, 0) is 13.0 Å². The van der Waals surface area contributed by atoms with Crippen molar-refractivity contribution in [2.45, 2.75) is 38.4 Å². The van der Waals surface area contributed by atoms with Crippen LogP contribution in [0.2, 0.25) is 0 Å². The summed E-state index contributed by atoms with van der Waals surface area (Å²) in [5.74, 6) is 0. The van der Waals surface area contributed by atoms with E-state index in [0.29, 0.717) is 19.5 Å². The highest BCUT2D eigenvalue weighted by molar-refractivity contribution is 5.27. The summed E-state index contributed by atoms with van der Waals surface area (Å²) in [6.07, 6.45) is -3.01. The quantitative estimate of drug-likeness (QED) is 0.682. The number of alkyl halides is 3. The summed E-state index contributed by atoms with van der Waals surface area (Å²) in [7, 11) is 1.92. The molecule has 0 saturated heterocycles. The standard InChI is InChI=1S/C15H23F3N2/c1-19-11-8-13-6-2-3-7-14(13)12-20-10-5-4-9-15(16,17)18/h2-3,6-7,19-20H,4-5,8-12H2,1H3. The van der Waals surface area contributed by atoms with Gasteiger partial charge in [0, 0.05) is 13.0 Å². The molecule has 0 aliphatic heterocycles. The van der Waals surface area contributed by atoms with E-state index >= 15 is 0 Å². The first kappa shape index (κ1) is 17.0. The van der Waals surface area contributed by atoms with Crippen LogP contribution in [0.4, 0.5) is 13.2 Å². The molecule has 0 saturated carbocycles. The van der Waals surface area contributed by atoms with Gasteiger partial charge >= 0.3 is 6.18 Å². The molecule has 114 valence electrons. The monoisotopic (exact) mass is 288 g/mol. The Hall–Kier alpha value is -1.07. The van der Waals surface area contributed by atoms with E-state index in [2.05, 4.69) is 22.8 Å². The lowest BCUT2D eigenvalue weighted by molar-refractivity contribution is -0.135. The van der Waals surface area contributed by atoms with Crippen LogP contribution in [0.15, 0.2) is 24.3 Å². The number of nitrogens with one attached hydrogen (secondary N) is 2. The minimum atomic E-state index is -4.03. The maximum absolute atomic E-state index is 12.0. The van der Waals surface area contributed by atoms with Gasteiger partial charge in [-0.05, 0) is 50.5 Å². The molecule has 0 spiro atoms. The molecule has 2 nitrogen and oxygen atoms in total. The molecule has 0 atom stereocenters. The van der Waals surface area contributed by atoms with Crippen LogP contribution >= 0.6 is 0 Å². The molecule has 0 fully saturated rings. The zero-order valence-corrected chi connectivity index (χ0v) is 11.9. The van der Waals surface area contributed by atoms with Crippen molar-refractivity contribution in [3.8, 4) is 0 Å². The third-order valence-electron chi connectivity index (χ3n) is 3.14. The Kier molecular flexibility index (Phi) is 7.62. The number of unbranched alkanes of at least 4 members (excludes halogenated alkanes) is 1. The SMILES string of the molecule is CNCCc1ccccc1CNCCCCC(F)(F)F. The molecule has 1 aromatic rings. The Labute approximate surface area is 118 Å². The van der Waals surface area contributed by atoms with Gasteiger partial charge in [-0.25, -0.2) is 0 Å². The second-order valence-electron chi connectivity index (χ2n) is 4.87. The molecule has 0 aliphatic carbocycles. The summed E-state index contributed by atoms with van der Waals surface area (Å²) in [5, 5.41) is 6.33. The molecule has 2 N–H and O–H groups in total. The van der Waals surface area contributed by atoms with Crippen molar-refractivity contribution in [3.05, 3.63) is 35.4 Å². The zero-order chi connectivity index (χ0) is 14.8. The average Bonchev–Trinajstić information content (AvgIpc) is 2.40. The van der Waals surface area contributed by atoms with Gasteiger partial charge in [0.1, 0.15) is 0 Å². The molecule has 1 rings (SSSR count). The minimum Gasteiger partial charge on any atom is -0.319 e. The van der Waals surface area contributed by atoms with Crippen molar-refractivity contribution in [1.82, 2.24) is 10.6 Å². The third-order valence-corrected chi connectivity index (χ3v) is 3.14. The van der Waals surface area contributed by atoms with E-state index in [1.165, 1.54) is 11.1 Å². The molecule has 5 heteroatoms. The van der Waals surface area contributed by atoms with Crippen LogP contribution < -0.4 is 10.6 Å². The van der Waals surface area contributed by atoms with Gasteiger partial charge in [-0.1, -0.05) is 24.3 Å². The van der Waals surface area contributed by atoms with Crippen molar-refractivity contribution in [2.24, 2.45) is 0 Å². The number of hydrogen-bond acceptors (Lipinski definition) is 2. The lowest BCUT2D eigenvalue weighted by Crippen LogP contribution is -2.18. The second kappa shape index (κ2) is 8.97. The number of hydrogen-bond donors (Lipinski definition) is 2. The predicted molar refractivity (Wildman–Crippen MR) is 75.7 cm³/mol. The maximum atomic E-state index is 12.0. The highest BCUT2D eigenvalue weighted by Crippen LogP contribution is 2.21. The van der Waals surface area contributed by atoms with E-state index in [4.69, 9.17) is 0 Å². The summed E-state index contributed by atoms with van der Waals surface area (Å²) in [6, 6.07) is 8.16. The first-order valence-corrected chi connectivity index (χ1v) is 7.02. The fraction of sp³-hybridized carbons (Fsp3) is 0.600. The van der Waals surface area contributed by atoms with Gasteiger partial charge in [-0.2, -0.15) is 13.2 Å². The normalized spacial score (nSPS) is 11.8. The second-order valence-corrected chi connectivity index (χ2v) is 4.87. The first-order valence-electron chi connectivity index (χ1n) is 7.02. The highest BCUT2D eigenvalue weighted by Gasteiger charge is 2.25. The number of halogens is 3. The van der Waals surface area contributed by atoms with Gasteiger partial charge < -0.3 is 10.6 Å². The topological polar surface area (TPSA) is 24.1 Å². The average molecular weight is 288 g/mol. The molecule has 0 radical (unpaired) electrons. The van der Waals surface area contributed by atoms with Crippen molar-refractivity contribution < 1.29 is 13.2 Å². The lowest BCUT2D eigenvalue weighted by Gasteiger charge is -2.11. The zero-order valence-electron chi connectivity index (χ0n) is 11.9. The van der Waals surface area contributed by atoms with Gasteiger partial charge in [0.2, 0.25) is 0 Å². The number of likely N-dealkylation sites (N-methyl/N-ethyl adjacent to an activating group) is 1. The van der Waals surface area contributed by atoms with Crippen molar-refractivity contribution in [2.75, 3.05) is 20.1 Å². The molecular formula is C15H23F3N2. The predicted octanol–water partition coefficient (Wildman–Crippen LogP) is 3.27. The van der Waals surface area contributed by atoms with E-state index < -0.39 is 12.6 Å². The maximum Gasteiger partial charge on any atom is 0.389 e. The first-order chi connectivity index (χ1) is 9.53. The summed E-state index contributed by atoms with van der Waals surface area (Å²) in [6.45, 7) is 2.25. The number of benzene rings is 1. The third kappa shape index (κ3) is 7.50. The molecule has 20 heavy (non-hydrogen) atoms.